The van der Waals surface area contributed by atoms with Crippen LogP contribution >= 0.6 is 0 Å². The SMILES string of the molecule is CC1(C)C(=O)N(c2nc(-c3cccc4c3oc3ccccc34)nc(-c3cccc4c3oc3ccccc34)n2)C(=O)C1(C)C. The molecule has 8 nitrogen and oxygen atoms in total. The van der Waals surface area contributed by atoms with Crippen LogP contribution in [-0.2, 0) is 9.59 Å². The third-order valence-corrected chi connectivity index (χ3v) is 9.15. The van der Waals surface area contributed by atoms with Crippen molar-refractivity contribution in [1.29, 1.82) is 0 Å². The first-order chi connectivity index (χ1) is 20.7. The number of amides is 2. The van der Waals surface area contributed by atoms with Gasteiger partial charge in [-0.15, -0.1) is 0 Å². The molecule has 2 amide bonds. The van der Waals surface area contributed by atoms with Gasteiger partial charge < -0.3 is 8.83 Å². The zero-order valence-corrected chi connectivity index (χ0v) is 24.0. The van der Waals surface area contributed by atoms with Crippen LogP contribution < -0.4 is 4.90 Å². The molecule has 0 saturated carbocycles. The summed E-state index contributed by atoms with van der Waals surface area (Å²) < 4.78 is 12.6. The smallest absolute Gasteiger partial charge is 0.243 e. The Morgan fingerprint density at radius 2 is 0.953 bits per heavy atom. The molecule has 1 aliphatic rings. The van der Waals surface area contributed by atoms with Crippen molar-refractivity contribution in [3.8, 4) is 22.8 Å². The van der Waals surface area contributed by atoms with E-state index < -0.39 is 10.8 Å². The minimum Gasteiger partial charge on any atom is -0.455 e. The second-order valence-corrected chi connectivity index (χ2v) is 12.0. The number of para-hydroxylation sites is 4. The van der Waals surface area contributed by atoms with E-state index in [4.69, 9.17) is 23.8 Å². The van der Waals surface area contributed by atoms with Gasteiger partial charge in [0.25, 0.3) is 0 Å². The van der Waals surface area contributed by atoms with Crippen LogP contribution in [0.25, 0.3) is 66.7 Å². The van der Waals surface area contributed by atoms with E-state index in [1.165, 1.54) is 0 Å². The maximum absolute atomic E-state index is 13.8. The molecule has 1 saturated heterocycles. The van der Waals surface area contributed by atoms with Gasteiger partial charge in [-0.1, -0.05) is 60.7 Å². The number of carbonyl (C=O) groups excluding carboxylic acids is 2. The maximum Gasteiger partial charge on any atom is 0.243 e. The average molecular weight is 567 g/mol. The van der Waals surface area contributed by atoms with Gasteiger partial charge in [0.1, 0.15) is 22.3 Å². The van der Waals surface area contributed by atoms with Crippen molar-refractivity contribution in [3.63, 3.8) is 0 Å². The lowest BCUT2D eigenvalue weighted by atomic mass is 9.70. The maximum atomic E-state index is 13.8. The fourth-order valence-corrected chi connectivity index (χ4v) is 5.92. The zero-order valence-electron chi connectivity index (χ0n) is 24.0. The molecule has 0 spiro atoms. The van der Waals surface area contributed by atoms with Gasteiger partial charge in [-0.2, -0.15) is 9.97 Å². The number of furan rings is 2. The van der Waals surface area contributed by atoms with Gasteiger partial charge in [0.05, 0.1) is 22.0 Å². The number of imide groups is 1. The number of aromatic nitrogens is 3. The zero-order chi connectivity index (χ0) is 29.7. The molecule has 0 atom stereocenters. The Labute approximate surface area is 246 Å². The molecule has 210 valence electrons. The molecule has 1 aliphatic heterocycles. The van der Waals surface area contributed by atoms with Crippen molar-refractivity contribution in [2.45, 2.75) is 27.7 Å². The summed E-state index contributed by atoms with van der Waals surface area (Å²) in [5, 5.41) is 3.75. The van der Waals surface area contributed by atoms with Crippen molar-refractivity contribution in [1.82, 2.24) is 15.0 Å². The van der Waals surface area contributed by atoms with Gasteiger partial charge >= 0.3 is 0 Å². The fraction of sp³-hybridized carbons (Fsp3) is 0.171. The Hall–Kier alpha value is -5.37. The van der Waals surface area contributed by atoms with Gasteiger partial charge in [0.2, 0.25) is 17.8 Å². The molecule has 4 heterocycles. The van der Waals surface area contributed by atoms with Gasteiger partial charge in [-0.25, -0.2) is 9.88 Å². The topological polar surface area (TPSA) is 102 Å². The summed E-state index contributed by atoms with van der Waals surface area (Å²) in [7, 11) is 0. The predicted molar refractivity (Wildman–Crippen MR) is 165 cm³/mol. The van der Waals surface area contributed by atoms with Crippen LogP contribution in [0.1, 0.15) is 27.7 Å². The Balaban J connectivity index is 1.42. The normalized spacial score (nSPS) is 16.3. The Kier molecular flexibility index (Phi) is 5.06. The first-order valence-corrected chi connectivity index (χ1v) is 14.1. The summed E-state index contributed by atoms with van der Waals surface area (Å²) in [6.45, 7) is 7.11. The molecular formula is C35H26N4O4. The number of nitrogens with zero attached hydrogens (tertiary/aromatic N) is 4. The molecule has 7 aromatic rings. The molecular weight excluding hydrogens is 540 g/mol. The predicted octanol–water partition coefficient (Wildman–Crippen LogP) is 7.93. The van der Waals surface area contributed by atoms with Crippen molar-refractivity contribution in [2.75, 3.05) is 4.90 Å². The van der Waals surface area contributed by atoms with Crippen LogP contribution in [0.15, 0.2) is 93.8 Å². The van der Waals surface area contributed by atoms with Crippen LogP contribution in [0.5, 0.6) is 0 Å². The summed E-state index contributed by atoms with van der Waals surface area (Å²) in [5.74, 6) is -0.208. The Morgan fingerprint density at radius 3 is 1.42 bits per heavy atom. The molecule has 43 heavy (non-hydrogen) atoms. The van der Waals surface area contributed by atoms with Crippen LogP contribution in [-0.4, -0.2) is 26.8 Å². The van der Waals surface area contributed by atoms with Crippen LogP contribution in [0.3, 0.4) is 0 Å². The van der Waals surface area contributed by atoms with E-state index in [-0.39, 0.29) is 29.4 Å². The second kappa shape index (κ2) is 8.58. The number of anilines is 1. The monoisotopic (exact) mass is 566 g/mol. The molecule has 1 fully saturated rings. The van der Waals surface area contributed by atoms with Crippen molar-refractivity contribution < 1.29 is 18.4 Å². The highest BCUT2D eigenvalue weighted by molar-refractivity contribution is 6.24. The highest BCUT2D eigenvalue weighted by Crippen LogP contribution is 2.48. The molecule has 0 radical (unpaired) electrons. The molecule has 3 aromatic heterocycles. The second-order valence-electron chi connectivity index (χ2n) is 12.0. The first-order valence-electron chi connectivity index (χ1n) is 14.1. The lowest BCUT2D eigenvalue weighted by molar-refractivity contribution is -0.129. The molecule has 8 heteroatoms. The third-order valence-electron chi connectivity index (χ3n) is 9.15. The summed E-state index contributed by atoms with van der Waals surface area (Å²) in [4.78, 5) is 43.1. The van der Waals surface area contributed by atoms with E-state index in [9.17, 15) is 9.59 Å². The highest BCUT2D eigenvalue weighted by Gasteiger charge is 2.60. The van der Waals surface area contributed by atoms with Gasteiger partial charge in [-0.3, -0.25) is 9.59 Å². The standard InChI is InChI=1S/C35H26N4O4/c1-34(2)31(40)39(32(41)35(34,3)4)33-37-29(23-15-9-13-21-19-11-5-7-17-25(19)42-27(21)23)36-30(38-33)24-16-10-14-22-20-12-6-8-18-26(20)43-28(22)24/h5-18H,1-4H3. The van der Waals surface area contributed by atoms with E-state index in [0.717, 1.165) is 37.6 Å². The summed E-state index contributed by atoms with van der Waals surface area (Å²) in [5.41, 5.74) is 1.99. The largest absolute Gasteiger partial charge is 0.455 e. The number of rotatable bonds is 3. The highest BCUT2D eigenvalue weighted by atomic mass is 16.3. The van der Waals surface area contributed by atoms with Crippen LogP contribution in [0, 0.1) is 10.8 Å². The quantitative estimate of drug-likeness (QED) is 0.200. The minimum absolute atomic E-state index is 0.0325. The minimum atomic E-state index is -0.964. The van der Waals surface area contributed by atoms with Gasteiger partial charge in [0.15, 0.2) is 11.6 Å². The Bertz CT molecular complexity index is 2150. The van der Waals surface area contributed by atoms with E-state index in [0.29, 0.717) is 22.3 Å². The van der Waals surface area contributed by atoms with E-state index in [1.807, 2.05) is 84.9 Å². The average Bonchev–Trinajstić information content (AvgIpc) is 3.62. The first kappa shape index (κ1) is 25.3. The number of hydrogen-bond donors (Lipinski definition) is 0. The van der Waals surface area contributed by atoms with E-state index in [2.05, 4.69) is 0 Å². The molecule has 4 aromatic carbocycles. The summed E-state index contributed by atoms with van der Waals surface area (Å²) in [6, 6.07) is 27.2. The number of benzene rings is 4. The van der Waals surface area contributed by atoms with Crippen molar-refractivity contribution >= 4 is 61.6 Å². The molecule has 0 aliphatic carbocycles. The summed E-state index contributed by atoms with van der Waals surface area (Å²) in [6.07, 6.45) is 0. The molecule has 0 bridgehead atoms. The van der Waals surface area contributed by atoms with E-state index >= 15 is 0 Å². The Morgan fingerprint density at radius 1 is 0.535 bits per heavy atom. The van der Waals surface area contributed by atoms with Crippen molar-refractivity contribution in [2.24, 2.45) is 10.8 Å². The summed E-state index contributed by atoms with van der Waals surface area (Å²) >= 11 is 0. The number of carbonyl (C=O) groups is 2. The van der Waals surface area contributed by atoms with Gasteiger partial charge in [-0.05, 0) is 52.0 Å². The lowest BCUT2D eigenvalue weighted by Crippen LogP contribution is -2.35. The van der Waals surface area contributed by atoms with Crippen LogP contribution in [0.2, 0.25) is 0 Å². The van der Waals surface area contributed by atoms with Gasteiger partial charge in [0, 0.05) is 21.5 Å². The van der Waals surface area contributed by atoms with E-state index in [1.54, 1.807) is 27.7 Å². The molecule has 0 N–H and O–H groups in total. The molecule has 8 rings (SSSR count). The lowest BCUT2D eigenvalue weighted by Gasteiger charge is -2.28. The molecule has 0 unspecified atom stereocenters. The fourth-order valence-electron chi connectivity index (χ4n) is 5.92. The van der Waals surface area contributed by atoms with Crippen LogP contribution in [0.4, 0.5) is 5.95 Å². The number of hydrogen-bond acceptors (Lipinski definition) is 7. The third kappa shape index (κ3) is 3.40. The van der Waals surface area contributed by atoms with Crippen molar-refractivity contribution in [3.05, 3.63) is 84.9 Å². The number of fused-ring (bicyclic) bond motifs is 6.